The minimum absolute atomic E-state index is 0.0266. The molecular formula is C20H22N10O5S4. The van der Waals surface area contributed by atoms with Gasteiger partial charge in [-0.1, -0.05) is 11.8 Å². The van der Waals surface area contributed by atoms with E-state index in [0.29, 0.717) is 23.0 Å². The van der Waals surface area contributed by atoms with E-state index in [1.165, 1.54) is 23.5 Å². The van der Waals surface area contributed by atoms with Crippen molar-refractivity contribution < 1.29 is 19.5 Å². The van der Waals surface area contributed by atoms with Gasteiger partial charge in [0.2, 0.25) is 6.04 Å². The number of guanidine groups is 1. The summed E-state index contributed by atoms with van der Waals surface area (Å²) in [5.41, 5.74) is 16.9. The topological polar surface area (TPSA) is 245 Å². The summed E-state index contributed by atoms with van der Waals surface area (Å²) in [6, 6.07) is -0.842. The number of hydrogen-bond donors (Lipinski definition) is 5. The second kappa shape index (κ2) is 12.6. The number of nitrogens with zero attached hydrogens (tertiary/aromatic N) is 6. The van der Waals surface area contributed by atoms with Gasteiger partial charge in [-0.25, -0.2) is 9.78 Å². The van der Waals surface area contributed by atoms with Crippen LogP contribution < -0.4 is 22.5 Å². The summed E-state index contributed by atoms with van der Waals surface area (Å²) in [6.07, 6.45) is 3.32. The van der Waals surface area contributed by atoms with Crippen LogP contribution in [0.1, 0.15) is 17.4 Å². The molecule has 0 bridgehead atoms. The van der Waals surface area contributed by atoms with E-state index in [2.05, 4.69) is 29.8 Å². The zero-order valence-corrected chi connectivity index (χ0v) is 23.2. The first kappa shape index (κ1) is 28.6. The summed E-state index contributed by atoms with van der Waals surface area (Å²) in [5, 5.41) is 14.6. The lowest BCUT2D eigenvalue weighted by atomic mass is 10.0. The zero-order valence-electron chi connectivity index (χ0n) is 19.9. The Bertz CT molecular complexity index is 1350. The number of aliphatic carboxylic acids is 1. The van der Waals surface area contributed by atoms with E-state index in [4.69, 9.17) is 17.2 Å². The normalized spacial score (nSPS) is 19.1. The highest BCUT2D eigenvalue weighted by atomic mass is 32.2. The molecule has 0 aromatic carbocycles. The van der Waals surface area contributed by atoms with Crippen LogP contribution in [0.4, 0.5) is 5.13 Å². The van der Waals surface area contributed by atoms with Crippen LogP contribution in [0.2, 0.25) is 0 Å². The molecule has 39 heavy (non-hydrogen) atoms. The number of rotatable bonds is 12. The number of aromatic nitrogens is 3. The van der Waals surface area contributed by atoms with Gasteiger partial charge in [-0.05, 0) is 16.8 Å². The molecule has 2 aromatic rings. The van der Waals surface area contributed by atoms with Crippen molar-refractivity contribution >= 4 is 75.7 Å². The molecule has 4 rings (SSSR count). The average Bonchev–Trinajstić information content (AvgIpc) is 3.33. The molecule has 2 aliphatic heterocycles. The molecule has 206 valence electrons. The molecule has 4 heterocycles. The van der Waals surface area contributed by atoms with Gasteiger partial charge in [0.1, 0.15) is 17.1 Å². The van der Waals surface area contributed by atoms with E-state index in [9.17, 15) is 24.4 Å². The third-order valence-electron chi connectivity index (χ3n) is 5.37. The molecule has 2 amide bonds. The molecule has 1 unspecified atom stereocenters. The molecule has 1 fully saturated rings. The van der Waals surface area contributed by atoms with Crippen molar-refractivity contribution in [1.29, 1.82) is 0 Å². The van der Waals surface area contributed by atoms with Crippen molar-refractivity contribution in [2.75, 3.05) is 23.8 Å². The van der Waals surface area contributed by atoms with E-state index in [-0.39, 0.29) is 28.4 Å². The van der Waals surface area contributed by atoms with E-state index in [1.807, 2.05) is 0 Å². The smallest absolute Gasteiger partial charge is 0.353 e. The van der Waals surface area contributed by atoms with Gasteiger partial charge in [0.05, 0.1) is 6.54 Å². The highest BCUT2D eigenvalue weighted by Gasteiger charge is 2.55. The number of nitrogens with two attached hydrogens (primary N) is 3. The fraction of sp³-hybridized carbons (Fsp3) is 0.350. The summed E-state index contributed by atoms with van der Waals surface area (Å²) in [4.78, 5) is 63.6. The average molecular weight is 611 g/mol. The standard InChI is InChI=1S/C20H22N10O5S4/c21-19(22)25-3-4-36-6-8-5-24-2-1-9(8)38-10-7-37-17-12(16(32)30(17)13(10)18(33)34)26-15(31)11(28-35)14-27-20(23)39-29-14/h1-2,5,11-12,17H,3-4,6-7H2,(H,26,31)(H,33,34)(H4,21,22,25)(H2,23,27,29)/t11?,12-,17+/m1/s1. The second-order valence-electron chi connectivity index (χ2n) is 7.92. The Morgan fingerprint density at radius 1 is 1.36 bits per heavy atom. The zero-order chi connectivity index (χ0) is 28.1. The van der Waals surface area contributed by atoms with Crippen molar-refractivity contribution in [3.05, 3.63) is 45.4 Å². The van der Waals surface area contributed by atoms with E-state index in [1.54, 1.807) is 30.2 Å². The van der Waals surface area contributed by atoms with E-state index in [0.717, 1.165) is 26.9 Å². The Balaban J connectivity index is 1.46. The number of nitrogen functional groups attached to an aromatic ring is 1. The minimum atomic E-state index is -1.59. The van der Waals surface area contributed by atoms with Gasteiger partial charge >= 0.3 is 5.97 Å². The third-order valence-corrected chi connectivity index (χ3v) is 9.58. The maximum Gasteiger partial charge on any atom is 0.353 e. The number of carboxylic acid groups (broad SMARTS) is 1. The number of amides is 2. The van der Waals surface area contributed by atoms with Gasteiger partial charge < -0.3 is 27.6 Å². The number of carbonyl (C=O) groups excluding carboxylic acids is 2. The first-order valence-electron chi connectivity index (χ1n) is 11.1. The number of aliphatic imine (C=N–C) groups is 1. The lowest BCUT2D eigenvalue weighted by molar-refractivity contribution is -0.150. The lowest BCUT2D eigenvalue weighted by Gasteiger charge is -2.49. The monoisotopic (exact) mass is 610 g/mol. The van der Waals surface area contributed by atoms with Crippen molar-refractivity contribution in [2.45, 2.75) is 28.1 Å². The van der Waals surface area contributed by atoms with Gasteiger partial charge in [0, 0.05) is 51.0 Å². The van der Waals surface area contributed by atoms with Crippen LogP contribution in [0.3, 0.4) is 0 Å². The van der Waals surface area contributed by atoms with Crippen LogP contribution in [-0.2, 0) is 20.1 Å². The number of carbonyl (C=O) groups is 3. The number of pyridine rings is 1. The Morgan fingerprint density at radius 3 is 2.82 bits per heavy atom. The quantitative estimate of drug-likeness (QED) is 0.0714. The molecule has 15 nitrogen and oxygen atoms in total. The molecule has 19 heteroatoms. The molecule has 0 saturated carbocycles. The number of β-lactam (4-membered cyclic amide) rings is 1. The maximum atomic E-state index is 13.0. The van der Waals surface area contributed by atoms with Crippen molar-refractivity contribution in [2.24, 2.45) is 21.6 Å². The number of nitroso groups, excluding NO2 is 1. The number of carboxylic acids is 1. The minimum Gasteiger partial charge on any atom is -0.477 e. The fourth-order valence-electron chi connectivity index (χ4n) is 3.65. The van der Waals surface area contributed by atoms with Crippen LogP contribution in [0.5, 0.6) is 0 Å². The second-order valence-corrected chi connectivity index (χ2v) is 12.0. The molecule has 8 N–H and O–H groups in total. The lowest BCUT2D eigenvalue weighted by Crippen LogP contribution is -2.70. The van der Waals surface area contributed by atoms with Gasteiger partial charge in [0.15, 0.2) is 16.9 Å². The van der Waals surface area contributed by atoms with Gasteiger partial charge in [-0.2, -0.15) is 16.1 Å². The molecule has 2 aromatic heterocycles. The predicted octanol–water partition coefficient (Wildman–Crippen LogP) is 0.318. The van der Waals surface area contributed by atoms with Crippen molar-refractivity contribution in [1.82, 2.24) is 24.6 Å². The SMILES string of the molecule is NC(N)=NCCSCc1cnccc1SC1=C(C(=O)O)N2C(=O)[C@@H](NC(=O)C(N=O)c3nsc(N)n3)[C@@H]2SC1. The number of nitrogens with one attached hydrogen (secondary N) is 1. The van der Waals surface area contributed by atoms with Gasteiger partial charge in [0.25, 0.3) is 11.8 Å². The van der Waals surface area contributed by atoms with Crippen LogP contribution in [0.15, 0.2) is 44.1 Å². The molecular weight excluding hydrogens is 589 g/mol. The summed E-state index contributed by atoms with van der Waals surface area (Å²) in [6.45, 7) is 0.467. The van der Waals surface area contributed by atoms with E-state index < -0.39 is 35.2 Å². The van der Waals surface area contributed by atoms with Crippen molar-refractivity contribution in [3.63, 3.8) is 0 Å². The Hall–Kier alpha value is -3.42. The van der Waals surface area contributed by atoms with Crippen molar-refractivity contribution in [3.8, 4) is 0 Å². The molecule has 2 aliphatic rings. The Morgan fingerprint density at radius 2 is 2.15 bits per heavy atom. The molecule has 3 atom stereocenters. The molecule has 1 saturated heterocycles. The Kier molecular flexibility index (Phi) is 9.25. The number of hydrogen-bond acceptors (Lipinski definition) is 14. The summed E-state index contributed by atoms with van der Waals surface area (Å²) < 4.78 is 3.83. The summed E-state index contributed by atoms with van der Waals surface area (Å²) in [7, 11) is 0. The largest absolute Gasteiger partial charge is 0.477 e. The highest BCUT2D eigenvalue weighted by molar-refractivity contribution is 8.06. The van der Waals surface area contributed by atoms with E-state index >= 15 is 0 Å². The van der Waals surface area contributed by atoms with Gasteiger partial charge in [-0.3, -0.25) is 24.5 Å². The highest BCUT2D eigenvalue weighted by Crippen LogP contribution is 2.46. The van der Waals surface area contributed by atoms with Crippen LogP contribution in [0.25, 0.3) is 0 Å². The third kappa shape index (κ3) is 6.43. The molecule has 0 radical (unpaired) electrons. The summed E-state index contributed by atoms with van der Waals surface area (Å²) in [5.74, 6) is -1.33. The number of fused-ring (bicyclic) bond motifs is 1. The first-order valence-corrected chi connectivity index (χ1v) is 14.9. The van der Waals surface area contributed by atoms with Crippen LogP contribution in [-0.4, -0.2) is 77.6 Å². The Labute approximate surface area is 238 Å². The number of anilines is 1. The predicted molar refractivity (Wildman–Crippen MR) is 149 cm³/mol. The maximum absolute atomic E-state index is 13.0. The van der Waals surface area contributed by atoms with Gasteiger partial charge in [-0.15, -0.1) is 16.7 Å². The van der Waals surface area contributed by atoms with Crippen LogP contribution in [0, 0.1) is 4.91 Å². The van der Waals surface area contributed by atoms with Crippen LogP contribution >= 0.6 is 46.8 Å². The first-order chi connectivity index (χ1) is 18.7. The molecule has 0 aliphatic carbocycles. The molecule has 0 spiro atoms. The number of thioether (sulfide) groups is 3. The fourth-order valence-corrected chi connectivity index (χ4v) is 7.58. The summed E-state index contributed by atoms with van der Waals surface area (Å²) >= 11 is 4.95.